The van der Waals surface area contributed by atoms with Crippen LogP contribution in [0.3, 0.4) is 0 Å². The minimum Gasteiger partial charge on any atom is -0.487 e. The third kappa shape index (κ3) is 6.41. The van der Waals surface area contributed by atoms with Crippen molar-refractivity contribution in [2.24, 2.45) is 0 Å². The molecule has 0 bridgehead atoms. The molecule has 222 valence electrons. The Balaban J connectivity index is 1.10. The summed E-state index contributed by atoms with van der Waals surface area (Å²) >= 11 is 0. The molecule has 4 aromatic carbocycles. The topological polar surface area (TPSA) is 114 Å². The first-order valence-corrected chi connectivity index (χ1v) is 15.5. The summed E-state index contributed by atoms with van der Waals surface area (Å²) in [5, 5.41) is 13.0. The van der Waals surface area contributed by atoms with Crippen LogP contribution in [0.4, 0.5) is 10.1 Å². The monoisotopic (exact) mass is 602 g/mol. The zero-order valence-corrected chi connectivity index (χ0v) is 24.0. The molecule has 10 heteroatoms. The Morgan fingerprint density at radius 2 is 1.65 bits per heavy atom. The number of amides is 1. The van der Waals surface area contributed by atoms with Gasteiger partial charge < -0.3 is 19.9 Å². The average Bonchev–Trinajstić information content (AvgIpc) is 3.38. The van der Waals surface area contributed by atoms with Crippen LogP contribution in [0.15, 0.2) is 102 Å². The van der Waals surface area contributed by atoms with Gasteiger partial charge in [0.2, 0.25) is 5.91 Å². The molecule has 2 aliphatic heterocycles. The van der Waals surface area contributed by atoms with Crippen molar-refractivity contribution < 1.29 is 32.2 Å². The predicted molar refractivity (Wildman–Crippen MR) is 160 cm³/mol. The lowest BCUT2D eigenvalue weighted by Crippen LogP contribution is -2.47. The molecule has 6 rings (SSSR count). The van der Waals surface area contributed by atoms with E-state index in [2.05, 4.69) is 10.0 Å². The molecule has 0 radical (unpaired) electrons. The smallest absolute Gasteiger partial charge is 0.261 e. The van der Waals surface area contributed by atoms with Crippen molar-refractivity contribution in [3.8, 4) is 16.9 Å². The highest BCUT2D eigenvalue weighted by Crippen LogP contribution is 2.47. The van der Waals surface area contributed by atoms with Gasteiger partial charge in [0.1, 0.15) is 23.8 Å². The van der Waals surface area contributed by atoms with Gasteiger partial charge in [-0.1, -0.05) is 54.6 Å². The number of aliphatic hydroxyl groups is 1. The normalized spacial score (nSPS) is 20.9. The molecule has 1 saturated heterocycles. The van der Waals surface area contributed by atoms with Gasteiger partial charge in [-0.3, -0.25) is 9.52 Å². The van der Waals surface area contributed by atoms with Gasteiger partial charge in [0, 0.05) is 23.7 Å². The fourth-order valence-corrected chi connectivity index (χ4v) is 6.76. The Labute approximate surface area is 249 Å². The van der Waals surface area contributed by atoms with Crippen LogP contribution >= 0.6 is 0 Å². The average molecular weight is 603 g/mol. The number of carbonyl (C=O) groups is 1. The van der Waals surface area contributed by atoms with Gasteiger partial charge in [-0.25, -0.2) is 12.8 Å². The summed E-state index contributed by atoms with van der Waals surface area (Å²) in [7, 11) is -3.94. The van der Waals surface area contributed by atoms with Crippen LogP contribution in [0.1, 0.15) is 29.9 Å². The van der Waals surface area contributed by atoms with Crippen molar-refractivity contribution in [2.45, 2.75) is 48.5 Å². The number of aliphatic hydroxyl groups excluding tert-OH is 1. The molecule has 2 aliphatic rings. The van der Waals surface area contributed by atoms with Crippen LogP contribution in [-0.4, -0.2) is 44.4 Å². The molecule has 0 spiro atoms. The van der Waals surface area contributed by atoms with E-state index in [0.29, 0.717) is 24.4 Å². The van der Waals surface area contributed by atoms with Crippen LogP contribution in [-0.2, 0) is 26.1 Å². The number of anilines is 1. The van der Waals surface area contributed by atoms with Gasteiger partial charge in [-0.2, -0.15) is 0 Å². The minimum absolute atomic E-state index is 0.0619. The number of benzene rings is 4. The van der Waals surface area contributed by atoms with Crippen molar-refractivity contribution in [1.29, 1.82) is 0 Å². The molecule has 1 fully saturated rings. The number of rotatable bonds is 9. The third-order valence-corrected chi connectivity index (χ3v) is 9.24. The minimum atomic E-state index is -3.94. The Bertz CT molecular complexity index is 1700. The first kappa shape index (κ1) is 28.9. The molecule has 4 atom stereocenters. The lowest BCUT2D eigenvalue weighted by atomic mass is 9.84. The number of halogens is 1. The quantitative estimate of drug-likeness (QED) is 0.249. The SMILES string of the molecule is O=C(C[C@H]1C[C@@H]2c3cc(NS(=O)(=O)c4ccc(F)cc4)ccc3O[C@@H]2[C@H](CO)O1)NCc1ccc(-c2ccccc2)cc1. The van der Waals surface area contributed by atoms with E-state index in [1.165, 1.54) is 12.1 Å². The van der Waals surface area contributed by atoms with Gasteiger partial charge in [0.15, 0.2) is 0 Å². The Morgan fingerprint density at radius 1 is 0.930 bits per heavy atom. The van der Waals surface area contributed by atoms with E-state index in [4.69, 9.17) is 9.47 Å². The lowest BCUT2D eigenvalue weighted by molar-refractivity contribution is -0.142. The molecule has 4 aromatic rings. The van der Waals surface area contributed by atoms with Gasteiger partial charge in [-0.15, -0.1) is 0 Å². The highest BCUT2D eigenvalue weighted by atomic mass is 32.2. The highest BCUT2D eigenvalue weighted by molar-refractivity contribution is 7.92. The van der Waals surface area contributed by atoms with Crippen molar-refractivity contribution in [3.05, 3.63) is 114 Å². The number of hydrogen-bond donors (Lipinski definition) is 3. The second-order valence-electron chi connectivity index (χ2n) is 10.8. The maximum atomic E-state index is 13.3. The van der Waals surface area contributed by atoms with Crippen LogP contribution in [0, 0.1) is 5.82 Å². The van der Waals surface area contributed by atoms with E-state index in [0.717, 1.165) is 34.4 Å². The third-order valence-electron chi connectivity index (χ3n) is 7.84. The van der Waals surface area contributed by atoms with E-state index in [1.807, 2.05) is 54.6 Å². The molecule has 1 amide bonds. The van der Waals surface area contributed by atoms with Crippen molar-refractivity contribution in [1.82, 2.24) is 5.32 Å². The zero-order chi connectivity index (χ0) is 30.0. The molecular formula is C33H31FN2O6S. The van der Waals surface area contributed by atoms with E-state index < -0.39 is 34.2 Å². The summed E-state index contributed by atoms with van der Waals surface area (Å²) in [4.78, 5) is 12.8. The summed E-state index contributed by atoms with van der Waals surface area (Å²) in [6.07, 6.45) is -1.01. The molecule has 3 N–H and O–H groups in total. The van der Waals surface area contributed by atoms with Crippen molar-refractivity contribution in [2.75, 3.05) is 11.3 Å². The summed E-state index contributed by atoms with van der Waals surface area (Å²) < 4.78 is 53.7. The first-order valence-electron chi connectivity index (χ1n) is 14.1. The van der Waals surface area contributed by atoms with E-state index in [-0.39, 0.29) is 29.7 Å². The fraction of sp³-hybridized carbons (Fsp3) is 0.242. The van der Waals surface area contributed by atoms with Crippen LogP contribution in [0.5, 0.6) is 5.75 Å². The van der Waals surface area contributed by atoms with E-state index in [9.17, 15) is 22.7 Å². The summed E-state index contributed by atoms with van der Waals surface area (Å²) in [6, 6.07) is 27.6. The molecule has 0 unspecified atom stereocenters. The standard InChI is InChI=1S/C33H31FN2O6S/c34-24-10-13-27(14-11-24)43(39,40)36-25-12-15-30-28(16-25)29-17-26(41-31(20-37)33(29)42-30)18-32(38)35-19-21-6-8-23(9-7-21)22-4-2-1-3-5-22/h1-16,26,29,31,33,36-37H,17-20H2,(H,35,38)/t26-,29-,31+,33+/m1/s1. The van der Waals surface area contributed by atoms with Crippen molar-refractivity contribution in [3.63, 3.8) is 0 Å². The second kappa shape index (κ2) is 12.2. The Morgan fingerprint density at radius 3 is 2.37 bits per heavy atom. The summed E-state index contributed by atoms with van der Waals surface area (Å²) in [5.74, 6) is -0.337. The van der Waals surface area contributed by atoms with Gasteiger partial charge >= 0.3 is 0 Å². The maximum Gasteiger partial charge on any atom is 0.261 e. The highest BCUT2D eigenvalue weighted by Gasteiger charge is 2.46. The number of fused-ring (bicyclic) bond motifs is 3. The maximum absolute atomic E-state index is 13.3. The van der Waals surface area contributed by atoms with Crippen LogP contribution < -0.4 is 14.8 Å². The molecular weight excluding hydrogens is 571 g/mol. The molecule has 0 aromatic heterocycles. The molecule has 43 heavy (non-hydrogen) atoms. The number of carbonyl (C=O) groups excluding carboxylic acids is 1. The molecule has 0 saturated carbocycles. The Hall–Kier alpha value is -4.25. The number of hydrogen-bond acceptors (Lipinski definition) is 6. The second-order valence-corrected chi connectivity index (χ2v) is 12.4. The molecule has 8 nitrogen and oxygen atoms in total. The summed E-state index contributed by atoms with van der Waals surface area (Å²) in [6.45, 7) is 0.0880. The van der Waals surface area contributed by atoms with Gasteiger partial charge in [0.05, 0.1) is 24.0 Å². The fourth-order valence-electron chi connectivity index (χ4n) is 5.71. The number of nitrogens with one attached hydrogen (secondary N) is 2. The van der Waals surface area contributed by atoms with Gasteiger partial charge in [-0.05, 0) is 65.6 Å². The summed E-state index contributed by atoms with van der Waals surface area (Å²) in [5.41, 5.74) is 4.29. The molecule has 0 aliphatic carbocycles. The van der Waals surface area contributed by atoms with Crippen LogP contribution in [0.2, 0.25) is 0 Å². The first-order chi connectivity index (χ1) is 20.8. The van der Waals surface area contributed by atoms with Crippen molar-refractivity contribution >= 4 is 21.6 Å². The van der Waals surface area contributed by atoms with Gasteiger partial charge in [0.25, 0.3) is 10.0 Å². The lowest BCUT2D eigenvalue weighted by Gasteiger charge is -2.37. The predicted octanol–water partition coefficient (Wildman–Crippen LogP) is 4.99. The number of ether oxygens (including phenoxy) is 2. The Kier molecular flexibility index (Phi) is 8.16. The van der Waals surface area contributed by atoms with E-state index >= 15 is 0 Å². The largest absolute Gasteiger partial charge is 0.487 e. The number of sulfonamides is 1. The molecule has 2 heterocycles. The van der Waals surface area contributed by atoms with Crippen LogP contribution in [0.25, 0.3) is 11.1 Å². The zero-order valence-electron chi connectivity index (χ0n) is 23.2. The van der Waals surface area contributed by atoms with E-state index in [1.54, 1.807) is 18.2 Å².